The Kier molecular flexibility index (Phi) is 5.40. The molecule has 2 aliphatic heterocycles. The summed E-state index contributed by atoms with van der Waals surface area (Å²) in [6, 6.07) is 5.95. The Morgan fingerprint density at radius 3 is 2.35 bits per heavy atom. The maximum atomic E-state index is 13.0. The fraction of sp³-hybridized carbons (Fsp3) is 0.588. The maximum Gasteiger partial charge on any atom is 0.321 e. The first-order chi connectivity index (χ1) is 12.4. The van der Waals surface area contributed by atoms with Crippen molar-refractivity contribution in [3.05, 3.63) is 24.3 Å². The second-order valence-electron chi connectivity index (χ2n) is 6.52. The summed E-state index contributed by atoms with van der Waals surface area (Å²) < 4.78 is 37.9. The van der Waals surface area contributed by atoms with Gasteiger partial charge >= 0.3 is 6.03 Å². The molecule has 26 heavy (non-hydrogen) atoms. The van der Waals surface area contributed by atoms with Crippen LogP contribution in [-0.2, 0) is 14.8 Å². The number of carbonyl (C=O) groups excluding carboxylic acids is 1. The fourth-order valence-electron chi connectivity index (χ4n) is 3.46. The first kappa shape index (κ1) is 18.9. The molecular weight excluding hydrogens is 358 g/mol. The summed E-state index contributed by atoms with van der Waals surface area (Å²) in [6.07, 6.45) is -0.549. The van der Waals surface area contributed by atoms with E-state index in [0.717, 1.165) is 0 Å². The quantitative estimate of drug-likeness (QED) is 0.783. The van der Waals surface area contributed by atoms with Gasteiger partial charge in [-0.2, -0.15) is 4.31 Å². The molecule has 0 N–H and O–H groups in total. The number of sulfonamides is 1. The van der Waals surface area contributed by atoms with Crippen LogP contribution in [0, 0.1) is 0 Å². The van der Waals surface area contributed by atoms with Gasteiger partial charge in [-0.3, -0.25) is 0 Å². The van der Waals surface area contributed by atoms with Crippen molar-refractivity contribution < 1.29 is 22.7 Å². The van der Waals surface area contributed by atoms with Gasteiger partial charge in [0, 0.05) is 25.7 Å². The molecule has 1 aromatic rings. The van der Waals surface area contributed by atoms with E-state index in [4.69, 9.17) is 9.47 Å². The Morgan fingerprint density at radius 1 is 1.15 bits per heavy atom. The third-order valence-corrected chi connectivity index (χ3v) is 6.85. The smallest absolute Gasteiger partial charge is 0.321 e. The first-order valence-electron chi connectivity index (χ1n) is 8.67. The predicted octanol–water partition coefficient (Wildman–Crippen LogP) is 1.19. The Hall–Kier alpha value is -1.84. The Labute approximate surface area is 154 Å². The second-order valence-corrected chi connectivity index (χ2v) is 8.41. The standard InChI is InChI=1S/C17H25N3O5S/c1-13-12-19(26(22,23)16-6-4-15(24-3)5-7-16)14(2)20(13)17(21)18-8-10-25-11-9-18/h4-7,13-14H,8-12H2,1-3H3/t13-,14+/m1/s1. The molecule has 144 valence electrons. The average Bonchev–Trinajstić information content (AvgIpc) is 2.97. The minimum atomic E-state index is -3.70. The van der Waals surface area contributed by atoms with Gasteiger partial charge in [0.2, 0.25) is 10.0 Å². The molecule has 2 atom stereocenters. The van der Waals surface area contributed by atoms with Crippen LogP contribution in [0.2, 0.25) is 0 Å². The molecule has 0 saturated carbocycles. The number of hydrogen-bond donors (Lipinski definition) is 0. The molecule has 9 heteroatoms. The number of carbonyl (C=O) groups is 1. The van der Waals surface area contributed by atoms with Crippen molar-refractivity contribution in [2.75, 3.05) is 40.0 Å². The summed E-state index contributed by atoms with van der Waals surface area (Å²) in [5.74, 6) is 0.593. The largest absolute Gasteiger partial charge is 0.497 e. The lowest BCUT2D eigenvalue weighted by Gasteiger charge is -2.35. The lowest BCUT2D eigenvalue weighted by molar-refractivity contribution is 0.0382. The second kappa shape index (κ2) is 7.42. The van der Waals surface area contributed by atoms with Gasteiger partial charge in [0.15, 0.2) is 0 Å². The minimum Gasteiger partial charge on any atom is -0.497 e. The van der Waals surface area contributed by atoms with Gasteiger partial charge in [-0.1, -0.05) is 0 Å². The van der Waals surface area contributed by atoms with Gasteiger partial charge in [0.05, 0.1) is 31.4 Å². The summed E-state index contributed by atoms with van der Waals surface area (Å²) >= 11 is 0. The molecule has 0 spiro atoms. The van der Waals surface area contributed by atoms with Crippen LogP contribution < -0.4 is 4.74 Å². The Morgan fingerprint density at radius 2 is 1.77 bits per heavy atom. The van der Waals surface area contributed by atoms with Crippen molar-refractivity contribution in [2.45, 2.75) is 31.0 Å². The van der Waals surface area contributed by atoms with Crippen LogP contribution in [0.25, 0.3) is 0 Å². The molecule has 0 unspecified atom stereocenters. The summed E-state index contributed by atoms with van der Waals surface area (Å²) in [6.45, 7) is 5.97. The highest BCUT2D eigenvalue weighted by atomic mass is 32.2. The Balaban J connectivity index is 1.81. The predicted molar refractivity (Wildman–Crippen MR) is 95.4 cm³/mol. The third-order valence-electron chi connectivity index (χ3n) is 4.91. The van der Waals surface area contributed by atoms with E-state index in [0.29, 0.717) is 32.1 Å². The van der Waals surface area contributed by atoms with E-state index in [2.05, 4.69) is 0 Å². The molecule has 1 aromatic carbocycles. The van der Waals surface area contributed by atoms with Gasteiger partial charge in [-0.15, -0.1) is 0 Å². The van der Waals surface area contributed by atoms with E-state index in [9.17, 15) is 13.2 Å². The number of morpholine rings is 1. The van der Waals surface area contributed by atoms with Gasteiger partial charge in [0.25, 0.3) is 0 Å². The lowest BCUT2D eigenvalue weighted by Crippen LogP contribution is -2.52. The number of hydrogen-bond acceptors (Lipinski definition) is 5. The zero-order valence-corrected chi connectivity index (χ0v) is 16.1. The molecule has 0 aliphatic carbocycles. The van der Waals surface area contributed by atoms with Crippen LogP contribution in [0.3, 0.4) is 0 Å². The molecule has 2 fully saturated rings. The van der Waals surface area contributed by atoms with E-state index in [1.165, 1.54) is 23.5 Å². The van der Waals surface area contributed by atoms with Crippen LogP contribution in [0.4, 0.5) is 4.79 Å². The van der Waals surface area contributed by atoms with Gasteiger partial charge in [-0.25, -0.2) is 13.2 Å². The molecule has 0 bridgehead atoms. The number of nitrogens with zero attached hydrogens (tertiary/aromatic N) is 3. The summed E-state index contributed by atoms with van der Waals surface area (Å²) in [5.41, 5.74) is 0. The molecule has 0 radical (unpaired) electrons. The number of urea groups is 1. The minimum absolute atomic E-state index is 0.138. The topological polar surface area (TPSA) is 79.4 Å². The van der Waals surface area contributed by atoms with Gasteiger partial charge in [-0.05, 0) is 38.1 Å². The molecule has 2 aliphatic rings. The maximum absolute atomic E-state index is 13.0. The van der Waals surface area contributed by atoms with Gasteiger partial charge < -0.3 is 19.3 Å². The van der Waals surface area contributed by atoms with E-state index >= 15 is 0 Å². The van der Waals surface area contributed by atoms with E-state index in [1.54, 1.807) is 28.9 Å². The highest BCUT2D eigenvalue weighted by Gasteiger charge is 2.45. The van der Waals surface area contributed by atoms with Crippen molar-refractivity contribution in [3.63, 3.8) is 0 Å². The van der Waals surface area contributed by atoms with Crippen molar-refractivity contribution in [1.82, 2.24) is 14.1 Å². The van der Waals surface area contributed by atoms with Crippen LogP contribution in [0.1, 0.15) is 13.8 Å². The van der Waals surface area contributed by atoms with E-state index in [1.807, 2.05) is 6.92 Å². The highest BCUT2D eigenvalue weighted by molar-refractivity contribution is 7.89. The number of benzene rings is 1. The molecular formula is C17H25N3O5S. The molecule has 2 saturated heterocycles. The van der Waals surface area contributed by atoms with Crippen molar-refractivity contribution in [2.24, 2.45) is 0 Å². The molecule has 8 nitrogen and oxygen atoms in total. The zero-order valence-electron chi connectivity index (χ0n) is 15.3. The number of methoxy groups -OCH3 is 1. The molecule has 3 rings (SSSR count). The van der Waals surface area contributed by atoms with Gasteiger partial charge in [0.1, 0.15) is 5.75 Å². The van der Waals surface area contributed by atoms with Crippen molar-refractivity contribution in [1.29, 1.82) is 0 Å². The fourth-order valence-corrected chi connectivity index (χ4v) is 5.12. The number of amides is 2. The van der Waals surface area contributed by atoms with Crippen LogP contribution in [0.5, 0.6) is 5.75 Å². The van der Waals surface area contributed by atoms with Crippen LogP contribution in [0.15, 0.2) is 29.2 Å². The Bertz CT molecular complexity index is 746. The SMILES string of the molecule is COc1ccc(S(=O)(=O)N2C[C@@H](C)N(C(=O)N3CCOCC3)[C@H]2C)cc1. The van der Waals surface area contributed by atoms with E-state index in [-0.39, 0.29) is 23.5 Å². The van der Waals surface area contributed by atoms with E-state index < -0.39 is 16.2 Å². The zero-order chi connectivity index (χ0) is 18.9. The normalized spacial score (nSPS) is 24.7. The lowest BCUT2D eigenvalue weighted by atomic mass is 10.3. The third kappa shape index (κ3) is 3.38. The molecule has 2 heterocycles. The highest BCUT2D eigenvalue weighted by Crippen LogP contribution is 2.29. The summed E-state index contributed by atoms with van der Waals surface area (Å²) in [5, 5.41) is 0. The number of rotatable bonds is 3. The summed E-state index contributed by atoms with van der Waals surface area (Å²) in [4.78, 5) is 16.4. The first-order valence-corrected chi connectivity index (χ1v) is 10.1. The summed E-state index contributed by atoms with van der Waals surface area (Å²) in [7, 11) is -2.17. The van der Waals surface area contributed by atoms with Crippen LogP contribution >= 0.6 is 0 Å². The van der Waals surface area contributed by atoms with Crippen molar-refractivity contribution >= 4 is 16.1 Å². The van der Waals surface area contributed by atoms with Crippen LogP contribution in [-0.4, -0.2) is 80.7 Å². The monoisotopic (exact) mass is 383 g/mol. The molecule has 2 amide bonds. The molecule has 0 aromatic heterocycles. The average molecular weight is 383 g/mol. The number of ether oxygens (including phenoxy) is 2. The van der Waals surface area contributed by atoms with Crippen molar-refractivity contribution in [3.8, 4) is 5.75 Å².